The molecule has 0 aliphatic heterocycles. The van der Waals surface area contributed by atoms with E-state index >= 15 is 0 Å². The molecule has 0 saturated carbocycles. The van der Waals surface area contributed by atoms with Crippen molar-refractivity contribution in [2.24, 2.45) is 0 Å². The van der Waals surface area contributed by atoms with Gasteiger partial charge >= 0.3 is 38.1 Å². The predicted octanol–water partition coefficient (Wildman–Crippen LogP) is 0.506. The first kappa shape index (κ1) is 11.0. The van der Waals surface area contributed by atoms with E-state index < -0.39 is 15.3 Å². The van der Waals surface area contributed by atoms with Gasteiger partial charge in [-0.05, 0) is 0 Å². The van der Waals surface area contributed by atoms with Gasteiger partial charge in [0.05, 0.1) is 0 Å². The Hall–Kier alpha value is 0.129. The Morgan fingerprint density at radius 3 is 1.25 bits per heavy atom. The van der Waals surface area contributed by atoms with E-state index in [0.717, 1.165) is 0 Å². The molecule has 0 radical (unpaired) electrons. The van der Waals surface area contributed by atoms with Crippen LogP contribution in [0.15, 0.2) is 0 Å². The Balaban J connectivity index is 0. The van der Waals surface area contributed by atoms with Gasteiger partial charge in [-0.15, -0.1) is 0 Å². The minimum absolute atomic E-state index is 2.11. The summed E-state index contributed by atoms with van der Waals surface area (Å²) in [6.07, 6.45) is 0. The Bertz CT molecular complexity index is 115. The van der Waals surface area contributed by atoms with Crippen LogP contribution in [0.4, 0.5) is 13.2 Å². The topological polar surface area (TPSA) is 34.1 Å². The minimum atomic E-state index is -3.67. The van der Waals surface area contributed by atoms with Gasteiger partial charge in [0.25, 0.3) is 0 Å². The second-order valence-electron chi connectivity index (χ2n) is 0.433. The summed E-state index contributed by atoms with van der Waals surface area (Å²) in [5.74, 6) is 0. The van der Waals surface area contributed by atoms with Crippen molar-refractivity contribution in [3.8, 4) is 0 Å². The number of alkyl halides is 3. The summed E-state index contributed by atoms with van der Waals surface area (Å²) >= 11 is 2.56. The first-order valence-corrected chi connectivity index (χ1v) is 3.44. The monoisotopic (exact) mass is 190 g/mol. The van der Waals surface area contributed by atoms with Crippen LogP contribution < -0.4 is 0 Å². The third-order valence-electron chi connectivity index (χ3n) is 0. The zero-order valence-electron chi connectivity index (χ0n) is 3.29. The summed E-state index contributed by atoms with van der Waals surface area (Å²) in [7, 11) is -2.11. The summed E-state index contributed by atoms with van der Waals surface area (Å²) in [5, 5.41) is 0. The Labute approximate surface area is 51.9 Å². The predicted molar refractivity (Wildman–Crippen MR) is 16.0 cm³/mol. The first-order valence-electron chi connectivity index (χ1n) is 1.13. The molecule has 0 spiro atoms. The SMILES string of the molecule is FC(F)F.O=[S](=O)=[Fe]. The van der Waals surface area contributed by atoms with Crippen LogP contribution in [0.5, 0.6) is 0 Å². The van der Waals surface area contributed by atoms with Crippen LogP contribution in [-0.2, 0) is 23.0 Å². The number of hydrogen-bond acceptors (Lipinski definition) is 2. The maximum absolute atomic E-state index is 9.67. The molecule has 2 nitrogen and oxygen atoms in total. The van der Waals surface area contributed by atoms with Crippen LogP contribution in [0.1, 0.15) is 0 Å². The number of hydrogen-bond donors (Lipinski definition) is 0. The Morgan fingerprint density at radius 2 is 1.25 bits per heavy atom. The van der Waals surface area contributed by atoms with Crippen LogP contribution in [0.2, 0.25) is 0 Å². The van der Waals surface area contributed by atoms with Gasteiger partial charge in [0, 0.05) is 0 Å². The average Bonchev–Trinajstić information content (AvgIpc) is 1.25. The third-order valence-corrected chi connectivity index (χ3v) is 0. The van der Waals surface area contributed by atoms with Crippen molar-refractivity contribution in [3.05, 3.63) is 0 Å². The average molecular weight is 190 g/mol. The van der Waals surface area contributed by atoms with Gasteiger partial charge in [-0.1, -0.05) is 0 Å². The van der Waals surface area contributed by atoms with Crippen molar-refractivity contribution in [1.29, 1.82) is 0 Å². The van der Waals surface area contributed by atoms with Gasteiger partial charge in [0.2, 0.25) is 0 Å². The summed E-state index contributed by atoms with van der Waals surface area (Å²) in [4.78, 5) is 0. The van der Waals surface area contributed by atoms with E-state index in [-0.39, 0.29) is 0 Å². The van der Waals surface area contributed by atoms with E-state index in [1.165, 1.54) is 0 Å². The molecule has 0 heterocycles. The standard InChI is InChI=1S/CHF3.Fe.O2S/c2-1(3)4;;1-3-2/h1H;;. The van der Waals surface area contributed by atoms with Gasteiger partial charge in [0.1, 0.15) is 0 Å². The molecule has 0 aliphatic carbocycles. The first-order chi connectivity index (χ1) is 3.46. The van der Waals surface area contributed by atoms with Crippen LogP contribution >= 0.6 is 0 Å². The molecular weight excluding hydrogens is 189 g/mol. The Morgan fingerprint density at radius 1 is 1.25 bits per heavy atom. The van der Waals surface area contributed by atoms with E-state index in [1.807, 2.05) is 0 Å². The molecule has 0 bridgehead atoms. The molecule has 0 aromatic rings. The van der Waals surface area contributed by atoms with Crippen molar-refractivity contribution in [2.75, 3.05) is 0 Å². The zero-order valence-corrected chi connectivity index (χ0v) is 5.21. The third kappa shape index (κ3) is 9620. The van der Waals surface area contributed by atoms with Crippen LogP contribution in [-0.4, -0.2) is 15.1 Å². The summed E-state index contributed by atoms with van der Waals surface area (Å²) in [5.41, 5.74) is 0. The second kappa shape index (κ2) is 7.13. The molecule has 52 valence electrons. The zero-order chi connectivity index (χ0) is 7.15. The molecule has 0 aromatic carbocycles. The summed E-state index contributed by atoms with van der Waals surface area (Å²) in [6.45, 7) is -3.67. The molecule has 7 heteroatoms. The molecule has 0 aromatic heterocycles. The molecule has 0 aliphatic rings. The molecule has 0 saturated heterocycles. The van der Waals surface area contributed by atoms with Crippen molar-refractivity contribution < 1.29 is 36.0 Å². The maximum atomic E-state index is 9.67. The van der Waals surface area contributed by atoms with E-state index in [2.05, 4.69) is 14.4 Å². The van der Waals surface area contributed by atoms with Crippen LogP contribution in [0.25, 0.3) is 0 Å². The molecule has 0 N–H and O–H groups in total. The fourth-order valence-corrected chi connectivity index (χ4v) is 0. The second-order valence-corrected chi connectivity index (χ2v) is 1.91. The fraction of sp³-hybridized carbons (Fsp3) is 1.00. The molecule has 0 atom stereocenters. The van der Waals surface area contributed by atoms with Crippen LogP contribution in [0.3, 0.4) is 0 Å². The van der Waals surface area contributed by atoms with E-state index in [4.69, 9.17) is 8.42 Å². The van der Waals surface area contributed by atoms with Gasteiger partial charge in [-0.25, -0.2) is 0 Å². The molecule has 0 rings (SSSR count). The molecule has 0 amide bonds. The van der Waals surface area contributed by atoms with Gasteiger partial charge in [-0.2, -0.15) is 13.2 Å². The quantitative estimate of drug-likeness (QED) is 0.521. The number of halogens is 3. The van der Waals surface area contributed by atoms with Gasteiger partial charge in [0.15, 0.2) is 0 Å². The van der Waals surface area contributed by atoms with E-state index in [9.17, 15) is 13.2 Å². The normalized spacial score (nSPS) is 7.62. The molecular formula is CHF3FeO2S. The molecule has 0 fully saturated rings. The summed E-state index contributed by atoms with van der Waals surface area (Å²) in [6, 6.07) is 0. The van der Waals surface area contributed by atoms with Gasteiger partial charge in [-0.3, -0.25) is 0 Å². The number of rotatable bonds is 0. The van der Waals surface area contributed by atoms with Crippen LogP contribution in [0, 0.1) is 0 Å². The fourth-order valence-electron chi connectivity index (χ4n) is 0. The summed E-state index contributed by atoms with van der Waals surface area (Å²) < 4.78 is 46.8. The molecule has 8 heavy (non-hydrogen) atoms. The van der Waals surface area contributed by atoms with Crippen molar-refractivity contribution >= 4 is 8.63 Å². The van der Waals surface area contributed by atoms with Crippen molar-refractivity contribution in [2.45, 2.75) is 6.68 Å². The van der Waals surface area contributed by atoms with Crippen molar-refractivity contribution in [1.82, 2.24) is 0 Å². The van der Waals surface area contributed by atoms with Crippen molar-refractivity contribution in [3.63, 3.8) is 0 Å². The van der Waals surface area contributed by atoms with E-state index in [1.54, 1.807) is 0 Å². The van der Waals surface area contributed by atoms with Gasteiger partial charge < -0.3 is 0 Å². The Kier molecular flexibility index (Phi) is 9.80. The molecule has 0 unspecified atom stereocenters. The van der Waals surface area contributed by atoms with E-state index in [0.29, 0.717) is 0 Å².